The average molecular weight is 220 g/mol. The van der Waals surface area contributed by atoms with Gasteiger partial charge in [0, 0.05) is 12.6 Å². The molecule has 0 aliphatic carbocycles. The van der Waals surface area contributed by atoms with E-state index in [-0.39, 0.29) is 11.9 Å². The first kappa shape index (κ1) is 10.5. The van der Waals surface area contributed by atoms with Crippen LogP contribution in [-0.2, 0) is 9.53 Å². The Morgan fingerprint density at radius 2 is 2.12 bits per heavy atom. The van der Waals surface area contributed by atoms with Gasteiger partial charge in [0.25, 0.3) is 0 Å². The standard InChI is InChI=1S/C11H12N2O3/c1-7(14)12-9-4-2-8(3-5-9)10-6-16-11(15)13-10/h2-5,10H,6H2,1H3,(H,12,14)(H,13,15)/t10-/m0/s1. The van der Waals surface area contributed by atoms with Gasteiger partial charge in [-0.15, -0.1) is 0 Å². The van der Waals surface area contributed by atoms with Gasteiger partial charge in [-0.25, -0.2) is 4.79 Å². The first-order valence-corrected chi connectivity index (χ1v) is 4.96. The lowest BCUT2D eigenvalue weighted by Crippen LogP contribution is -2.18. The van der Waals surface area contributed by atoms with Crippen LogP contribution in [0.1, 0.15) is 18.5 Å². The highest BCUT2D eigenvalue weighted by Crippen LogP contribution is 2.19. The molecule has 0 unspecified atom stereocenters. The number of hydrogen-bond acceptors (Lipinski definition) is 3. The van der Waals surface area contributed by atoms with Crippen molar-refractivity contribution in [2.75, 3.05) is 11.9 Å². The van der Waals surface area contributed by atoms with Crippen LogP contribution >= 0.6 is 0 Å². The summed E-state index contributed by atoms with van der Waals surface area (Å²) in [7, 11) is 0. The van der Waals surface area contributed by atoms with E-state index < -0.39 is 6.09 Å². The summed E-state index contributed by atoms with van der Waals surface area (Å²) in [5.41, 5.74) is 1.70. The number of hydrogen-bond donors (Lipinski definition) is 2. The van der Waals surface area contributed by atoms with Crippen LogP contribution in [0.15, 0.2) is 24.3 Å². The molecule has 0 radical (unpaired) electrons. The number of nitrogens with one attached hydrogen (secondary N) is 2. The van der Waals surface area contributed by atoms with E-state index >= 15 is 0 Å². The van der Waals surface area contributed by atoms with Crippen LogP contribution in [0.25, 0.3) is 0 Å². The van der Waals surface area contributed by atoms with Crippen LogP contribution in [0.3, 0.4) is 0 Å². The molecule has 1 aliphatic heterocycles. The van der Waals surface area contributed by atoms with Crippen LogP contribution in [0.4, 0.5) is 10.5 Å². The van der Waals surface area contributed by atoms with E-state index in [0.717, 1.165) is 11.3 Å². The lowest BCUT2D eigenvalue weighted by atomic mass is 10.1. The molecule has 1 fully saturated rings. The van der Waals surface area contributed by atoms with Gasteiger partial charge in [0.05, 0.1) is 6.04 Å². The lowest BCUT2D eigenvalue weighted by molar-refractivity contribution is -0.114. The Morgan fingerprint density at radius 1 is 1.44 bits per heavy atom. The molecule has 0 aromatic heterocycles. The van der Waals surface area contributed by atoms with Gasteiger partial charge >= 0.3 is 6.09 Å². The van der Waals surface area contributed by atoms with Crippen LogP contribution in [0.5, 0.6) is 0 Å². The predicted molar refractivity (Wildman–Crippen MR) is 58.0 cm³/mol. The number of amides is 2. The van der Waals surface area contributed by atoms with E-state index in [2.05, 4.69) is 10.6 Å². The minimum absolute atomic E-state index is 0.0983. The maximum atomic E-state index is 10.8. The van der Waals surface area contributed by atoms with E-state index in [1.165, 1.54) is 6.92 Å². The number of benzene rings is 1. The Kier molecular flexibility index (Phi) is 2.76. The van der Waals surface area contributed by atoms with Crippen LogP contribution in [-0.4, -0.2) is 18.6 Å². The summed E-state index contributed by atoms with van der Waals surface area (Å²) in [5.74, 6) is -0.106. The fraction of sp³-hybridized carbons (Fsp3) is 0.273. The van der Waals surface area contributed by atoms with E-state index in [4.69, 9.17) is 4.74 Å². The zero-order valence-corrected chi connectivity index (χ0v) is 8.82. The molecular formula is C11H12N2O3. The normalized spacial score (nSPS) is 18.8. The van der Waals surface area contributed by atoms with Gasteiger partial charge in [-0.3, -0.25) is 4.79 Å². The van der Waals surface area contributed by atoms with Crippen molar-refractivity contribution in [3.63, 3.8) is 0 Å². The second kappa shape index (κ2) is 4.22. The molecule has 1 aromatic carbocycles. The Bertz CT molecular complexity index is 414. The molecule has 2 N–H and O–H groups in total. The van der Waals surface area contributed by atoms with E-state index in [1.807, 2.05) is 12.1 Å². The van der Waals surface area contributed by atoms with Crippen LogP contribution in [0, 0.1) is 0 Å². The van der Waals surface area contributed by atoms with Crippen molar-refractivity contribution in [2.24, 2.45) is 0 Å². The minimum Gasteiger partial charge on any atom is -0.447 e. The molecule has 1 atom stereocenters. The Hall–Kier alpha value is -2.04. The molecule has 84 valence electrons. The number of cyclic esters (lactones) is 1. The fourth-order valence-electron chi connectivity index (χ4n) is 1.57. The SMILES string of the molecule is CC(=O)Nc1ccc([C@@H]2COC(=O)N2)cc1. The van der Waals surface area contributed by atoms with Crippen molar-refractivity contribution in [1.82, 2.24) is 5.32 Å². The van der Waals surface area contributed by atoms with Gasteiger partial charge in [-0.2, -0.15) is 0 Å². The number of carbonyl (C=O) groups is 2. The van der Waals surface area contributed by atoms with Gasteiger partial charge in [0.1, 0.15) is 6.61 Å². The maximum Gasteiger partial charge on any atom is 0.407 e. The quantitative estimate of drug-likeness (QED) is 0.792. The molecule has 5 nitrogen and oxygen atoms in total. The first-order valence-electron chi connectivity index (χ1n) is 4.96. The third-order valence-electron chi connectivity index (χ3n) is 2.31. The minimum atomic E-state index is -0.393. The highest BCUT2D eigenvalue weighted by Gasteiger charge is 2.23. The molecule has 1 heterocycles. The van der Waals surface area contributed by atoms with Crippen molar-refractivity contribution in [2.45, 2.75) is 13.0 Å². The number of carbonyl (C=O) groups excluding carboxylic acids is 2. The van der Waals surface area contributed by atoms with Gasteiger partial charge in [0.15, 0.2) is 0 Å². The molecule has 1 saturated heterocycles. The molecule has 2 amide bonds. The topological polar surface area (TPSA) is 67.4 Å². The zero-order chi connectivity index (χ0) is 11.5. The monoisotopic (exact) mass is 220 g/mol. The summed E-state index contributed by atoms with van der Waals surface area (Å²) < 4.78 is 4.79. The first-order chi connectivity index (χ1) is 7.65. The fourth-order valence-corrected chi connectivity index (χ4v) is 1.57. The molecule has 0 saturated carbocycles. The lowest BCUT2D eigenvalue weighted by Gasteiger charge is -2.08. The van der Waals surface area contributed by atoms with E-state index in [0.29, 0.717) is 6.61 Å². The van der Waals surface area contributed by atoms with Gasteiger partial charge in [0.2, 0.25) is 5.91 Å². The Morgan fingerprint density at radius 3 is 2.62 bits per heavy atom. The van der Waals surface area contributed by atoms with Gasteiger partial charge in [-0.05, 0) is 17.7 Å². The summed E-state index contributed by atoms with van der Waals surface area (Å²) in [5, 5.41) is 5.36. The van der Waals surface area contributed by atoms with Crippen LogP contribution in [0.2, 0.25) is 0 Å². The molecule has 0 spiro atoms. The highest BCUT2D eigenvalue weighted by molar-refractivity contribution is 5.88. The molecule has 0 bridgehead atoms. The van der Waals surface area contributed by atoms with Crippen molar-refractivity contribution in [3.05, 3.63) is 29.8 Å². The summed E-state index contributed by atoms with van der Waals surface area (Å²) >= 11 is 0. The second-order valence-corrected chi connectivity index (χ2v) is 3.60. The Labute approximate surface area is 92.8 Å². The number of alkyl carbamates (subject to hydrolysis) is 1. The van der Waals surface area contributed by atoms with Crippen molar-refractivity contribution >= 4 is 17.7 Å². The summed E-state index contributed by atoms with van der Waals surface area (Å²) in [6.07, 6.45) is -0.393. The average Bonchev–Trinajstić information content (AvgIpc) is 2.65. The van der Waals surface area contributed by atoms with Crippen molar-refractivity contribution in [1.29, 1.82) is 0 Å². The number of ether oxygens (including phenoxy) is 1. The smallest absolute Gasteiger partial charge is 0.407 e. The van der Waals surface area contributed by atoms with Gasteiger partial charge < -0.3 is 15.4 Å². The predicted octanol–water partition coefficient (Wildman–Crippen LogP) is 1.43. The van der Waals surface area contributed by atoms with Crippen LogP contribution < -0.4 is 10.6 Å². The number of rotatable bonds is 2. The van der Waals surface area contributed by atoms with Crippen molar-refractivity contribution in [3.8, 4) is 0 Å². The highest BCUT2D eigenvalue weighted by atomic mass is 16.6. The van der Waals surface area contributed by atoms with Gasteiger partial charge in [-0.1, -0.05) is 12.1 Å². The molecular weight excluding hydrogens is 208 g/mol. The van der Waals surface area contributed by atoms with E-state index in [1.54, 1.807) is 12.1 Å². The molecule has 1 aromatic rings. The molecule has 2 rings (SSSR count). The van der Waals surface area contributed by atoms with E-state index in [9.17, 15) is 9.59 Å². The molecule has 1 aliphatic rings. The second-order valence-electron chi connectivity index (χ2n) is 3.60. The Balaban J connectivity index is 2.07. The maximum absolute atomic E-state index is 10.8. The third-order valence-corrected chi connectivity index (χ3v) is 2.31. The zero-order valence-electron chi connectivity index (χ0n) is 8.82. The summed E-state index contributed by atoms with van der Waals surface area (Å²) in [6.45, 7) is 1.80. The summed E-state index contributed by atoms with van der Waals surface area (Å²) in [6, 6.07) is 7.19. The molecule has 5 heteroatoms. The molecule has 16 heavy (non-hydrogen) atoms. The largest absolute Gasteiger partial charge is 0.447 e. The third kappa shape index (κ3) is 2.31. The number of anilines is 1. The van der Waals surface area contributed by atoms with Crippen molar-refractivity contribution < 1.29 is 14.3 Å². The summed E-state index contributed by atoms with van der Waals surface area (Å²) in [4.78, 5) is 21.7.